The predicted molar refractivity (Wildman–Crippen MR) is 106 cm³/mol. The number of carbonyl (C=O) groups excluding carboxylic acids is 2. The highest BCUT2D eigenvalue weighted by atomic mass is 127. The number of nitro groups is 1. The van der Waals surface area contributed by atoms with Crippen molar-refractivity contribution in [1.29, 1.82) is 0 Å². The van der Waals surface area contributed by atoms with E-state index < -0.39 is 10.8 Å². The van der Waals surface area contributed by atoms with Crippen molar-refractivity contribution in [2.75, 3.05) is 13.1 Å². The van der Waals surface area contributed by atoms with Crippen LogP contribution in [0.3, 0.4) is 0 Å². The minimum Gasteiger partial charge on any atom is -0.343 e. The Kier molecular flexibility index (Phi) is 7.07. The molecule has 26 heavy (non-hydrogen) atoms. The third-order valence-corrected chi connectivity index (χ3v) is 4.70. The summed E-state index contributed by atoms with van der Waals surface area (Å²) in [4.78, 5) is 36.6. The molecule has 0 unspecified atom stereocenters. The van der Waals surface area contributed by atoms with Gasteiger partial charge in [0.2, 0.25) is 5.91 Å². The molecule has 0 aliphatic carbocycles. The maximum atomic E-state index is 12.4. The molecule has 0 saturated carbocycles. The molecule has 0 aliphatic heterocycles. The van der Waals surface area contributed by atoms with Gasteiger partial charge in [-0.1, -0.05) is 30.3 Å². The molecule has 0 spiro atoms. The quantitative estimate of drug-likeness (QED) is 0.385. The molecule has 0 heterocycles. The largest absolute Gasteiger partial charge is 0.343 e. The van der Waals surface area contributed by atoms with Crippen molar-refractivity contribution < 1.29 is 14.5 Å². The van der Waals surface area contributed by atoms with Crippen LogP contribution in [0.25, 0.3) is 0 Å². The van der Waals surface area contributed by atoms with Crippen molar-refractivity contribution in [3.05, 3.63) is 73.3 Å². The third kappa shape index (κ3) is 5.25. The van der Waals surface area contributed by atoms with Crippen molar-refractivity contribution in [3.63, 3.8) is 0 Å². The molecule has 0 aromatic heterocycles. The third-order valence-electron chi connectivity index (χ3n) is 3.76. The molecule has 8 heteroatoms. The average Bonchev–Trinajstić information content (AvgIpc) is 2.64. The van der Waals surface area contributed by atoms with Gasteiger partial charge in [-0.15, -0.1) is 0 Å². The topological polar surface area (TPSA) is 92.6 Å². The van der Waals surface area contributed by atoms with Crippen LogP contribution in [0, 0.1) is 13.7 Å². The standard InChI is InChI=1S/C18H18IN3O4/c1-2-21(12-13-6-4-3-5-7-13)17(23)11-20-18(24)15-10-14(22(25)26)8-9-16(15)19/h3-10H,2,11-12H2,1H3,(H,20,24). The second kappa shape index (κ2) is 9.27. The van der Waals surface area contributed by atoms with Crippen molar-refractivity contribution in [2.24, 2.45) is 0 Å². The molecule has 2 aromatic rings. The summed E-state index contributed by atoms with van der Waals surface area (Å²) in [5, 5.41) is 13.4. The minimum atomic E-state index is -0.559. The first-order chi connectivity index (χ1) is 12.4. The van der Waals surface area contributed by atoms with Crippen LogP contribution in [0.5, 0.6) is 0 Å². The fraction of sp³-hybridized carbons (Fsp3) is 0.222. The summed E-state index contributed by atoms with van der Waals surface area (Å²) < 4.78 is 0.579. The molecule has 0 atom stereocenters. The molecular weight excluding hydrogens is 449 g/mol. The van der Waals surface area contributed by atoms with Gasteiger partial charge < -0.3 is 10.2 Å². The van der Waals surface area contributed by atoms with Crippen molar-refractivity contribution in [1.82, 2.24) is 10.2 Å². The highest BCUT2D eigenvalue weighted by Crippen LogP contribution is 2.19. The summed E-state index contributed by atoms with van der Waals surface area (Å²) >= 11 is 1.93. The van der Waals surface area contributed by atoms with E-state index in [1.165, 1.54) is 18.2 Å². The Morgan fingerprint density at radius 3 is 2.50 bits per heavy atom. The number of benzene rings is 2. The van der Waals surface area contributed by atoms with Crippen molar-refractivity contribution in [2.45, 2.75) is 13.5 Å². The lowest BCUT2D eigenvalue weighted by Crippen LogP contribution is -2.40. The SMILES string of the molecule is CCN(Cc1ccccc1)C(=O)CNC(=O)c1cc([N+](=O)[O-])ccc1I. The number of non-ortho nitro benzene ring substituents is 1. The zero-order valence-electron chi connectivity index (χ0n) is 14.1. The van der Waals surface area contributed by atoms with Crippen LogP contribution in [0.2, 0.25) is 0 Å². The molecule has 1 N–H and O–H groups in total. The lowest BCUT2D eigenvalue weighted by atomic mass is 10.2. The van der Waals surface area contributed by atoms with Crippen LogP contribution >= 0.6 is 22.6 Å². The number of amides is 2. The summed E-state index contributed by atoms with van der Waals surface area (Å²) in [5.74, 6) is -0.729. The van der Waals surface area contributed by atoms with Gasteiger partial charge in [-0.25, -0.2) is 0 Å². The molecule has 0 radical (unpaired) electrons. The van der Waals surface area contributed by atoms with Gasteiger partial charge in [0.25, 0.3) is 11.6 Å². The number of hydrogen-bond donors (Lipinski definition) is 1. The molecule has 0 saturated heterocycles. The maximum Gasteiger partial charge on any atom is 0.270 e. The number of likely N-dealkylation sites (N-methyl/N-ethyl adjacent to an activating group) is 1. The zero-order valence-corrected chi connectivity index (χ0v) is 16.3. The summed E-state index contributed by atoms with van der Waals surface area (Å²) in [6.45, 7) is 2.67. The van der Waals surface area contributed by atoms with Gasteiger partial charge in [-0.3, -0.25) is 19.7 Å². The number of halogens is 1. The van der Waals surface area contributed by atoms with Crippen LogP contribution in [0.4, 0.5) is 5.69 Å². The monoisotopic (exact) mass is 467 g/mol. The van der Waals surface area contributed by atoms with Crippen molar-refractivity contribution >= 4 is 40.1 Å². The van der Waals surface area contributed by atoms with E-state index in [0.29, 0.717) is 16.7 Å². The normalized spacial score (nSPS) is 10.2. The number of nitro benzene ring substituents is 1. The Hall–Kier alpha value is -2.49. The van der Waals surface area contributed by atoms with Crippen molar-refractivity contribution in [3.8, 4) is 0 Å². The van der Waals surface area contributed by atoms with Crippen LogP contribution < -0.4 is 5.32 Å². The van der Waals surface area contributed by atoms with Gasteiger partial charge in [0.15, 0.2) is 0 Å². The van der Waals surface area contributed by atoms with E-state index in [2.05, 4.69) is 5.32 Å². The second-order valence-corrected chi connectivity index (χ2v) is 6.66. The summed E-state index contributed by atoms with van der Waals surface area (Å²) in [6, 6.07) is 13.6. The molecule has 2 rings (SSSR count). The van der Waals surface area contributed by atoms with E-state index in [1.54, 1.807) is 4.90 Å². The first-order valence-corrected chi connectivity index (χ1v) is 9.04. The average molecular weight is 467 g/mol. The number of carbonyl (C=O) groups is 2. The molecule has 2 amide bonds. The van der Waals surface area contributed by atoms with Gasteiger partial charge in [0, 0.05) is 28.8 Å². The van der Waals surface area contributed by atoms with Gasteiger partial charge in [-0.05, 0) is 41.1 Å². The molecule has 0 bridgehead atoms. The fourth-order valence-electron chi connectivity index (χ4n) is 2.34. The molecule has 0 fully saturated rings. The van der Waals surface area contributed by atoms with Crippen LogP contribution in [-0.4, -0.2) is 34.7 Å². The first kappa shape index (κ1) is 19.8. The Morgan fingerprint density at radius 1 is 1.19 bits per heavy atom. The number of nitrogens with one attached hydrogen (secondary N) is 1. The van der Waals surface area contributed by atoms with Gasteiger partial charge in [0.05, 0.1) is 17.0 Å². The molecule has 7 nitrogen and oxygen atoms in total. The predicted octanol–water partition coefficient (Wildman–Crippen LogP) is 2.98. The highest BCUT2D eigenvalue weighted by Gasteiger charge is 2.18. The summed E-state index contributed by atoms with van der Waals surface area (Å²) in [7, 11) is 0. The molecule has 2 aromatic carbocycles. The van der Waals surface area contributed by atoms with E-state index in [4.69, 9.17) is 0 Å². The van der Waals surface area contributed by atoms with Crippen LogP contribution in [-0.2, 0) is 11.3 Å². The maximum absolute atomic E-state index is 12.4. The van der Waals surface area contributed by atoms with E-state index in [0.717, 1.165) is 5.56 Å². The highest BCUT2D eigenvalue weighted by molar-refractivity contribution is 14.1. The number of rotatable bonds is 7. The lowest BCUT2D eigenvalue weighted by molar-refractivity contribution is -0.384. The van der Waals surface area contributed by atoms with Crippen LogP contribution in [0.15, 0.2) is 48.5 Å². The summed E-state index contributed by atoms with van der Waals surface area (Å²) in [5.41, 5.74) is 1.02. The Balaban J connectivity index is 2.00. The minimum absolute atomic E-state index is 0.166. The Labute approximate surface area is 164 Å². The zero-order chi connectivity index (χ0) is 19.1. The Morgan fingerprint density at radius 2 is 1.88 bits per heavy atom. The van der Waals surface area contributed by atoms with E-state index >= 15 is 0 Å². The lowest BCUT2D eigenvalue weighted by Gasteiger charge is -2.21. The Bertz CT molecular complexity index is 811. The number of nitrogens with zero attached hydrogens (tertiary/aromatic N) is 2. The first-order valence-electron chi connectivity index (χ1n) is 7.96. The smallest absolute Gasteiger partial charge is 0.270 e. The molecule has 136 valence electrons. The van der Waals surface area contributed by atoms with Crippen LogP contribution in [0.1, 0.15) is 22.8 Å². The number of hydrogen-bond acceptors (Lipinski definition) is 4. The van der Waals surface area contributed by atoms with E-state index in [9.17, 15) is 19.7 Å². The van der Waals surface area contributed by atoms with E-state index in [1.807, 2.05) is 59.8 Å². The second-order valence-electron chi connectivity index (χ2n) is 5.50. The van der Waals surface area contributed by atoms with Gasteiger partial charge >= 0.3 is 0 Å². The van der Waals surface area contributed by atoms with Gasteiger partial charge in [0.1, 0.15) is 0 Å². The van der Waals surface area contributed by atoms with E-state index in [-0.39, 0.29) is 23.7 Å². The fourth-order valence-corrected chi connectivity index (χ4v) is 2.92. The molecule has 0 aliphatic rings. The molecular formula is C18H18IN3O4. The summed E-state index contributed by atoms with van der Waals surface area (Å²) in [6.07, 6.45) is 0. The van der Waals surface area contributed by atoms with Gasteiger partial charge in [-0.2, -0.15) is 0 Å².